The molecular weight excluding hydrogens is 467 g/mol. The number of nitrogens with zero attached hydrogens (tertiary/aromatic N) is 3. The Balaban J connectivity index is 0.00000193. The van der Waals surface area contributed by atoms with Gasteiger partial charge in [-0.05, 0) is 68.0 Å². The fourth-order valence-corrected chi connectivity index (χ4v) is 4.23. The van der Waals surface area contributed by atoms with Crippen LogP contribution in [0.1, 0.15) is 31.2 Å². The largest absolute Gasteiger partial charge is 0.362 e. The van der Waals surface area contributed by atoms with E-state index in [0.717, 1.165) is 54.5 Å². The summed E-state index contributed by atoms with van der Waals surface area (Å²) in [4.78, 5) is 11.5. The monoisotopic (exact) mass is 497 g/mol. The van der Waals surface area contributed by atoms with E-state index in [0.29, 0.717) is 24.5 Å². The first-order valence-corrected chi connectivity index (χ1v) is 10.8. The SMILES string of the molecule is CN(C)c1nc(N[C@H]2CC[C@@H](CNCc3ccc(F)c(F)c3)CC2)nc2ccccc12.Cl.Cl. The highest BCUT2D eigenvalue weighted by molar-refractivity contribution is 5.90. The van der Waals surface area contributed by atoms with E-state index < -0.39 is 11.6 Å². The molecule has 180 valence electrons. The molecule has 0 atom stereocenters. The van der Waals surface area contributed by atoms with Crippen molar-refractivity contribution in [1.29, 1.82) is 0 Å². The Bertz CT molecular complexity index is 1040. The number of hydrogen-bond acceptors (Lipinski definition) is 5. The summed E-state index contributed by atoms with van der Waals surface area (Å²) in [5, 5.41) is 7.97. The second-order valence-electron chi connectivity index (χ2n) is 8.52. The molecule has 4 rings (SSSR count). The molecule has 1 aliphatic rings. The van der Waals surface area contributed by atoms with Crippen LogP contribution in [0.4, 0.5) is 20.5 Å². The van der Waals surface area contributed by atoms with Crippen molar-refractivity contribution in [3.8, 4) is 0 Å². The van der Waals surface area contributed by atoms with Gasteiger partial charge in [-0.25, -0.2) is 13.8 Å². The van der Waals surface area contributed by atoms with Crippen LogP contribution in [0.25, 0.3) is 10.9 Å². The molecule has 3 aromatic rings. The first-order valence-electron chi connectivity index (χ1n) is 10.8. The number of anilines is 2. The standard InChI is InChI=1S/C24H29F2N5.2ClH/c1-31(2)23-19-5-3-4-6-22(19)29-24(30-23)28-18-10-7-16(8-11-18)14-27-15-17-9-12-20(25)21(26)13-17;;/h3-6,9,12-13,16,18,27H,7-8,10-11,14-15H2,1-2H3,(H,28,29,30);2*1H/t16-,18+;;. The molecule has 2 aromatic carbocycles. The lowest BCUT2D eigenvalue weighted by atomic mass is 9.86. The molecule has 1 fully saturated rings. The lowest BCUT2D eigenvalue weighted by molar-refractivity contribution is 0.323. The third-order valence-electron chi connectivity index (χ3n) is 5.93. The average Bonchev–Trinajstić information content (AvgIpc) is 2.77. The number of hydrogen-bond donors (Lipinski definition) is 2. The van der Waals surface area contributed by atoms with Gasteiger partial charge in [-0.15, -0.1) is 24.8 Å². The van der Waals surface area contributed by atoms with E-state index >= 15 is 0 Å². The van der Waals surface area contributed by atoms with Crippen LogP contribution < -0.4 is 15.5 Å². The summed E-state index contributed by atoms with van der Waals surface area (Å²) in [6.45, 7) is 1.43. The summed E-state index contributed by atoms with van der Waals surface area (Å²) in [6, 6.07) is 12.5. The lowest BCUT2D eigenvalue weighted by Gasteiger charge is -2.29. The maximum atomic E-state index is 13.3. The zero-order valence-corrected chi connectivity index (χ0v) is 20.5. The summed E-state index contributed by atoms with van der Waals surface area (Å²) in [7, 11) is 3.99. The van der Waals surface area contributed by atoms with Crippen molar-refractivity contribution in [3.05, 3.63) is 59.7 Å². The zero-order chi connectivity index (χ0) is 21.8. The van der Waals surface area contributed by atoms with Crippen molar-refractivity contribution < 1.29 is 8.78 Å². The van der Waals surface area contributed by atoms with Crippen molar-refractivity contribution in [2.24, 2.45) is 5.92 Å². The van der Waals surface area contributed by atoms with Gasteiger partial charge in [0, 0.05) is 32.1 Å². The maximum Gasteiger partial charge on any atom is 0.225 e. The third-order valence-corrected chi connectivity index (χ3v) is 5.93. The predicted octanol–water partition coefficient (Wildman–Crippen LogP) is 5.58. The molecule has 1 aromatic heterocycles. The first-order chi connectivity index (χ1) is 15.0. The van der Waals surface area contributed by atoms with E-state index in [2.05, 4.69) is 10.6 Å². The summed E-state index contributed by atoms with van der Waals surface area (Å²) in [5.74, 6) is 0.589. The van der Waals surface area contributed by atoms with E-state index in [9.17, 15) is 8.78 Å². The molecule has 33 heavy (non-hydrogen) atoms. The van der Waals surface area contributed by atoms with Crippen LogP contribution in [0.2, 0.25) is 0 Å². The lowest BCUT2D eigenvalue weighted by Crippen LogP contribution is -2.31. The Morgan fingerprint density at radius 1 is 0.939 bits per heavy atom. The number of para-hydroxylation sites is 1. The van der Waals surface area contributed by atoms with Crippen LogP contribution >= 0.6 is 24.8 Å². The van der Waals surface area contributed by atoms with E-state index in [1.165, 1.54) is 12.1 Å². The molecule has 0 unspecified atom stereocenters. The van der Waals surface area contributed by atoms with Gasteiger partial charge >= 0.3 is 0 Å². The van der Waals surface area contributed by atoms with Crippen LogP contribution in [0.5, 0.6) is 0 Å². The Hall–Kier alpha value is -2.22. The molecule has 0 radical (unpaired) electrons. The molecule has 0 aliphatic heterocycles. The molecule has 5 nitrogen and oxygen atoms in total. The van der Waals surface area contributed by atoms with Crippen molar-refractivity contribution in [3.63, 3.8) is 0 Å². The molecule has 0 amide bonds. The van der Waals surface area contributed by atoms with E-state index in [1.807, 2.05) is 43.3 Å². The Kier molecular flexibility index (Phi) is 10.1. The third kappa shape index (κ3) is 6.88. The molecule has 0 spiro atoms. The summed E-state index contributed by atoms with van der Waals surface area (Å²) in [5.41, 5.74) is 1.71. The second kappa shape index (κ2) is 12.3. The topological polar surface area (TPSA) is 53.1 Å². The highest BCUT2D eigenvalue weighted by Gasteiger charge is 2.22. The van der Waals surface area contributed by atoms with Gasteiger partial charge in [0.05, 0.1) is 5.52 Å². The van der Waals surface area contributed by atoms with Gasteiger partial charge in [-0.3, -0.25) is 0 Å². The number of benzene rings is 2. The summed E-state index contributed by atoms with van der Waals surface area (Å²) < 4.78 is 26.3. The summed E-state index contributed by atoms with van der Waals surface area (Å²) in [6.07, 6.45) is 4.34. The van der Waals surface area contributed by atoms with Crippen LogP contribution in [0, 0.1) is 17.6 Å². The predicted molar refractivity (Wildman–Crippen MR) is 136 cm³/mol. The minimum Gasteiger partial charge on any atom is -0.362 e. The summed E-state index contributed by atoms with van der Waals surface area (Å²) >= 11 is 0. The molecule has 9 heteroatoms. The first kappa shape index (κ1) is 27.0. The molecule has 0 bridgehead atoms. The Morgan fingerprint density at radius 3 is 2.36 bits per heavy atom. The average molecular weight is 498 g/mol. The van der Waals surface area contributed by atoms with Gasteiger partial charge in [0.1, 0.15) is 5.82 Å². The maximum absolute atomic E-state index is 13.3. The fourth-order valence-electron chi connectivity index (χ4n) is 4.23. The van der Waals surface area contributed by atoms with Crippen LogP contribution in [-0.4, -0.2) is 36.6 Å². The van der Waals surface area contributed by atoms with Crippen molar-refractivity contribution in [1.82, 2.24) is 15.3 Å². The Morgan fingerprint density at radius 2 is 1.67 bits per heavy atom. The minimum absolute atomic E-state index is 0. The smallest absolute Gasteiger partial charge is 0.225 e. The number of halogens is 4. The normalized spacial score (nSPS) is 17.7. The quantitative estimate of drug-likeness (QED) is 0.446. The van der Waals surface area contributed by atoms with Crippen molar-refractivity contribution in [2.75, 3.05) is 30.9 Å². The van der Waals surface area contributed by atoms with E-state index in [-0.39, 0.29) is 24.8 Å². The van der Waals surface area contributed by atoms with Gasteiger partial charge in [-0.1, -0.05) is 18.2 Å². The highest BCUT2D eigenvalue weighted by atomic mass is 35.5. The van der Waals surface area contributed by atoms with E-state index in [4.69, 9.17) is 9.97 Å². The Labute approximate surface area is 206 Å². The number of fused-ring (bicyclic) bond motifs is 1. The van der Waals surface area contributed by atoms with Gasteiger partial charge in [0.25, 0.3) is 0 Å². The van der Waals surface area contributed by atoms with Gasteiger partial charge in [-0.2, -0.15) is 4.98 Å². The molecule has 2 N–H and O–H groups in total. The minimum atomic E-state index is -0.803. The highest BCUT2D eigenvalue weighted by Crippen LogP contribution is 2.28. The number of nitrogens with one attached hydrogen (secondary N) is 2. The van der Waals surface area contributed by atoms with E-state index in [1.54, 1.807) is 6.07 Å². The molecule has 1 aliphatic carbocycles. The van der Waals surface area contributed by atoms with Crippen molar-refractivity contribution in [2.45, 2.75) is 38.3 Å². The van der Waals surface area contributed by atoms with Crippen LogP contribution in [-0.2, 0) is 6.54 Å². The second-order valence-corrected chi connectivity index (χ2v) is 8.52. The fraction of sp³-hybridized carbons (Fsp3) is 0.417. The van der Waals surface area contributed by atoms with Gasteiger partial charge in [0.15, 0.2) is 11.6 Å². The van der Waals surface area contributed by atoms with Crippen molar-refractivity contribution >= 4 is 47.5 Å². The van der Waals surface area contributed by atoms with Gasteiger partial charge < -0.3 is 15.5 Å². The van der Waals surface area contributed by atoms with Gasteiger partial charge in [0.2, 0.25) is 5.95 Å². The molecule has 1 heterocycles. The zero-order valence-electron chi connectivity index (χ0n) is 18.9. The molecule has 1 saturated carbocycles. The van der Waals surface area contributed by atoms with Crippen LogP contribution in [0.15, 0.2) is 42.5 Å². The molecule has 0 saturated heterocycles. The molecular formula is C24H31Cl2F2N5. The number of aromatic nitrogens is 2. The van der Waals surface area contributed by atoms with Crippen LogP contribution in [0.3, 0.4) is 0 Å². The number of rotatable bonds is 7.